The quantitative estimate of drug-likeness (QED) is 0.185. The summed E-state index contributed by atoms with van der Waals surface area (Å²) in [5.41, 5.74) is 5.80. The van der Waals surface area contributed by atoms with Crippen LogP contribution in [0.4, 0.5) is 0 Å². The van der Waals surface area contributed by atoms with Crippen molar-refractivity contribution < 1.29 is 39.3 Å². The second-order valence-electron chi connectivity index (χ2n) is 6.74. The van der Waals surface area contributed by atoms with Crippen LogP contribution in [0.5, 0.6) is 0 Å². The number of aliphatic hydroxyl groups is 1. The molecule has 1 aromatic rings. The van der Waals surface area contributed by atoms with Crippen LogP contribution in [0.1, 0.15) is 18.9 Å². The van der Waals surface area contributed by atoms with Crippen LogP contribution < -0.4 is 21.7 Å². The van der Waals surface area contributed by atoms with Crippen LogP contribution in [-0.2, 0) is 30.4 Å². The molecule has 0 aromatic heterocycles. The van der Waals surface area contributed by atoms with Gasteiger partial charge in [0.2, 0.25) is 17.7 Å². The summed E-state index contributed by atoms with van der Waals surface area (Å²) in [6.45, 7) is 0.696. The molecule has 0 aliphatic carbocycles. The fraction of sp³-hybridized carbons (Fsp3) is 0.421. The normalized spacial score (nSPS) is 14.4. The summed E-state index contributed by atoms with van der Waals surface area (Å²) in [4.78, 5) is 59.2. The Hall–Kier alpha value is -3.51. The highest BCUT2D eigenvalue weighted by molar-refractivity contribution is 5.95. The molecule has 8 N–H and O–H groups in total. The number of carbonyl (C=O) groups excluding carboxylic acids is 3. The molecule has 0 fully saturated rings. The number of carboxylic acid groups (broad SMARTS) is 2. The molecule has 0 spiro atoms. The number of amides is 3. The lowest BCUT2D eigenvalue weighted by Gasteiger charge is -2.25. The van der Waals surface area contributed by atoms with E-state index >= 15 is 0 Å². The van der Waals surface area contributed by atoms with Crippen molar-refractivity contribution in [3.05, 3.63) is 35.9 Å². The second kappa shape index (κ2) is 12.2. The summed E-state index contributed by atoms with van der Waals surface area (Å²) in [5, 5.41) is 34.4. The Bertz CT molecular complexity index is 799. The summed E-state index contributed by atoms with van der Waals surface area (Å²) in [6, 6.07) is 3.99. The first-order valence-electron chi connectivity index (χ1n) is 9.31. The predicted octanol–water partition coefficient (Wildman–Crippen LogP) is -2.42. The monoisotopic (exact) mass is 438 g/mol. The zero-order valence-electron chi connectivity index (χ0n) is 16.8. The molecule has 0 saturated heterocycles. The number of nitrogens with two attached hydrogens (primary N) is 1. The number of hydrogen-bond acceptors (Lipinski definition) is 7. The SMILES string of the molecule is CC(O)C(NC(=O)C(Cc1ccccc1)NC(=O)C(CC(=O)O)NC(=O)CN)C(=O)O. The number of aliphatic hydroxyl groups excluding tert-OH is 1. The molecule has 0 radical (unpaired) electrons. The number of aliphatic carboxylic acids is 2. The molecule has 4 unspecified atom stereocenters. The minimum atomic E-state index is -1.63. The standard InChI is InChI=1S/C19H26N4O8/c1-10(24)16(19(30)31)23-18(29)12(7-11-5-3-2-4-6-11)22-17(28)13(8-15(26)27)21-14(25)9-20/h2-6,10,12-13,16,24H,7-9,20H2,1H3,(H,21,25)(H,22,28)(H,23,29)(H,26,27)(H,30,31). The van der Waals surface area contributed by atoms with Crippen LogP contribution in [0.2, 0.25) is 0 Å². The molecule has 0 bridgehead atoms. The molecule has 31 heavy (non-hydrogen) atoms. The number of carbonyl (C=O) groups is 5. The lowest BCUT2D eigenvalue weighted by atomic mass is 10.0. The van der Waals surface area contributed by atoms with E-state index in [1.54, 1.807) is 30.3 Å². The van der Waals surface area contributed by atoms with Crippen molar-refractivity contribution in [3.63, 3.8) is 0 Å². The lowest BCUT2D eigenvalue weighted by Crippen LogP contribution is -2.58. The molecule has 1 rings (SSSR count). The van der Waals surface area contributed by atoms with Gasteiger partial charge in [0.1, 0.15) is 12.1 Å². The molecular formula is C19H26N4O8. The van der Waals surface area contributed by atoms with Crippen LogP contribution in [-0.4, -0.2) is 75.8 Å². The predicted molar refractivity (Wildman–Crippen MR) is 107 cm³/mol. The van der Waals surface area contributed by atoms with Gasteiger partial charge in [0.05, 0.1) is 19.1 Å². The van der Waals surface area contributed by atoms with E-state index < -0.39 is 66.9 Å². The average Bonchev–Trinajstić information content (AvgIpc) is 2.70. The van der Waals surface area contributed by atoms with Gasteiger partial charge in [-0.25, -0.2) is 4.79 Å². The number of benzene rings is 1. The number of rotatable bonds is 12. The highest BCUT2D eigenvalue weighted by atomic mass is 16.4. The molecule has 12 heteroatoms. The van der Waals surface area contributed by atoms with Crippen LogP contribution in [0.15, 0.2) is 30.3 Å². The summed E-state index contributed by atoms with van der Waals surface area (Å²) < 4.78 is 0. The van der Waals surface area contributed by atoms with Crippen molar-refractivity contribution in [2.75, 3.05) is 6.54 Å². The molecule has 170 valence electrons. The maximum atomic E-state index is 12.7. The van der Waals surface area contributed by atoms with Gasteiger partial charge in [-0.1, -0.05) is 30.3 Å². The highest BCUT2D eigenvalue weighted by Gasteiger charge is 2.32. The third-order valence-corrected chi connectivity index (χ3v) is 4.18. The Labute approximate surface area is 177 Å². The summed E-state index contributed by atoms with van der Waals surface area (Å²) in [7, 11) is 0. The molecule has 0 aliphatic heterocycles. The maximum absolute atomic E-state index is 12.7. The second-order valence-corrected chi connectivity index (χ2v) is 6.74. The fourth-order valence-electron chi connectivity index (χ4n) is 2.61. The van der Waals surface area contributed by atoms with E-state index in [-0.39, 0.29) is 6.42 Å². The van der Waals surface area contributed by atoms with Crippen molar-refractivity contribution in [2.24, 2.45) is 5.73 Å². The molecule has 4 atom stereocenters. The Morgan fingerprint density at radius 1 is 0.935 bits per heavy atom. The van der Waals surface area contributed by atoms with Crippen molar-refractivity contribution in [1.29, 1.82) is 0 Å². The zero-order valence-corrected chi connectivity index (χ0v) is 16.8. The molecule has 12 nitrogen and oxygen atoms in total. The third-order valence-electron chi connectivity index (χ3n) is 4.18. The molecular weight excluding hydrogens is 412 g/mol. The topological polar surface area (TPSA) is 208 Å². The average molecular weight is 438 g/mol. The number of carboxylic acids is 2. The Morgan fingerprint density at radius 2 is 1.52 bits per heavy atom. The number of hydrogen-bond donors (Lipinski definition) is 7. The Balaban J connectivity index is 3.09. The van der Waals surface area contributed by atoms with E-state index in [1.807, 2.05) is 0 Å². The van der Waals surface area contributed by atoms with E-state index in [1.165, 1.54) is 6.92 Å². The van der Waals surface area contributed by atoms with Crippen molar-refractivity contribution in [3.8, 4) is 0 Å². The smallest absolute Gasteiger partial charge is 0.328 e. The van der Waals surface area contributed by atoms with Gasteiger partial charge in [0.15, 0.2) is 6.04 Å². The minimum absolute atomic E-state index is 0.0603. The first-order valence-corrected chi connectivity index (χ1v) is 9.31. The van der Waals surface area contributed by atoms with E-state index in [0.29, 0.717) is 5.56 Å². The Morgan fingerprint density at radius 3 is 2.00 bits per heavy atom. The van der Waals surface area contributed by atoms with E-state index in [4.69, 9.17) is 10.8 Å². The molecule has 0 aliphatic rings. The molecule has 0 saturated carbocycles. The summed E-state index contributed by atoms with van der Waals surface area (Å²) in [6.07, 6.45) is -2.24. The zero-order chi connectivity index (χ0) is 23.6. The van der Waals surface area contributed by atoms with Gasteiger partial charge < -0.3 is 37.0 Å². The van der Waals surface area contributed by atoms with Gasteiger partial charge in [-0.05, 0) is 12.5 Å². The molecule has 3 amide bonds. The van der Waals surface area contributed by atoms with E-state index in [2.05, 4.69) is 16.0 Å². The highest BCUT2D eigenvalue weighted by Crippen LogP contribution is 2.06. The van der Waals surface area contributed by atoms with E-state index in [9.17, 15) is 34.2 Å². The minimum Gasteiger partial charge on any atom is -0.481 e. The maximum Gasteiger partial charge on any atom is 0.328 e. The summed E-state index contributed by atoms with van der Waals surface area (Å²) in [5.74, 6) is -5.51. The molecule has 1 aromatic carbocycles. The van der Waals surface area contributed by atoms with Crippen LogP contribution in [0.3, 0.4) is 0 Å². The van der Waals surface area contributed by atoms with Gasteiger partial charge in [-0.2, -0.15) is 0 Å². The van der Waals surface area contributed by atoms with Crippen molar-refractivity contribution in [2.45, 2.75) is 44.0 Å². The third kappa shape index (κ3) is 8.80. The molecule has 0 heterocycles. The van der Waals surface area contributed by atoms with Gasteiger partial charge in [0.25, 0.3) is 0 Å². The van der Waals surface area contributed by atoms with E-state index in [0.717, 1.165) is 0 Å². The largest absolute Gasteiger partial charge is 0.481 e. The van der Waals surface area contributed by atoms with Crippen LogP contribution in [0, 0.1) is 0 Å². The first kappa shape index (κ1) is 25.5. The first-order chi connectivity index (χ1) is 14.5. The number of nitrogens with one attached hydrogen (secondary N) is 3. The van der Waals surface area contributed by atoms with Gasteiger partial charge in [0, 0.05) is 6.42 Å². The Kier molecular flexibility index (Phi) is 10.1. The van der Waals surface area contributed by atoms with Crippen molar-refractivity contribution >= 4 is 29.7 Å². The van der Waals surface area contributed by atoms with Gasteiger partial charge in [-0.3, -0.25) is 19.2 Å². The van der Waals surface area contributed by atoms with Crippen LogP contribution >= 0.6 is 0 Å². The van der Waals surface area contributed by atoms with Gasteiger partial charge >= 0.3 is 11.9 Å². The fourth-order valence-corrected chi connectivity index (χ4v) is 2.61. The summed E-state index contributed by atoms with van der Waals surface area (Å²) >= 11 is 0. The van der Waals surface area contributed by atoms with Crippen molar-refractivity contribution in [1.82, 2.24) is 16.0 Å². The van der Waals surface area contributed by atoms with Crippen LogP contribution in [0.25, 0.3) is 0 Å². The lowest BCUT2D eigenvalue weighted by molar-refractivity contribution is -0.145. The van der Waals surface area contributed by atoms with Gasteiger partial charge in [-0.15, -0.1) is 0 Å².